The van der Waals surface area contributed by atoms with E-state index in [0.29, 0.717) is 12.6 Å². The summed E-state index contributed by atoms with van der Waals surface area (Å²) in [5.74, 6) is -6.40. The second-order valence-corrected chi connectivity index (χ2v) is 2.38. The van der Waals surface area contributed by atoms with E-state index in [-0.39, 0.29) is 5.69 Å². The number of benzene rings is 1. The molecule has 0 aliphatic heterocycles. The molecule has 72 valence electrons. The summed E-state index contributed by atoms with van der Waals surface area (Å²) in [5.41, 5.74) is -0.376. The molecule has 0 bridgehead atoms. The monoisotopic (exact) mass is 193 g/mol. The zero-order valence-electron chi connectivity index (χ0n) is 6.80. The van der Waals surface area contributed by atoms with Crippen LogP contribution in [-0.4, -0.2) is 6.54 Å². The topological polar surface area (TPSA) is 12.0 Å². The van der Waals surface area contributed by atoms with Gasteiger partial charge in [-0.2, -0.15) is 0 Å². The molecule has 1 N–H and O–H groups in total. The lowest BCUT2D eigenvalue weighted by atomic mass is 10.2. The highest BCUT2D eigenvalue weighted by Gasteiger charge is 2.17. The lowest BCUT2D eigenvalue weighted by Gasteiger charge is -2.06. The Morgan fingerprint density at radius 2 is 1.69 bits per heavy atom. The Hall–Kier alpha value is -1.26. The predicted octanol–water partition coefficient (Wildman–Crippen LogP) is 2.67. The molecule has 0 unspecified atom stereocenters. The molecule has 0 aliphatic carbocycles. The summed E-state index contributed by atoms with van der Waals surface area (Å²) in [6, 6.07) is 0.581. The van der Waals surface area contributed by atoms with Crippen molar-refractivity contribution in [2.45, 2.75) is 6.92 Å². The molecule has 0 atom stereocenters. The third-order valence-corrected chi connectivity index (χ3v) is 1.47. The van der Waals surface area contributed by atoms with Gasteiger partial charge in [-0.25, -0.2) is 17.6 Å². The molecule has 1 aromatic rings. The van der Waals surface area contributed by atoms with E-state index in [0.717, 1.165) is 0 Å². The fourth-order valence-corrected chi connectivity index (χ4v) is 0.892. The summed E-state index contributed by atoms with van der Waals surface area (Å²) in [7, 11) is 0. The standard InChI is InChI=1S/C8H7F4N/c1-2-13-5-3-4(9)6(10)8(12)7(5)11/h3,13H,2H2,1H3. The number of rotatable bonds is 2. The molecule has 1 aromatic carbocycles. The molecule has 1 nitrogen and oxygen atoms in total. The first-order chi connectivity index (χ1) is 6.07. The summed E-state index contributed by atoms with van der Waals surface area (Å²) in [5, 5.41) is 2.36. The van der Waals surface area contributed by atoms with Gasteiger partial charge in [-0.05, 0) is 6.92 Å². The molecule has 0 saturated carbocycles. The van der Waals surface area contributed by atoms with E-state index in [1.165, 1.54) is 0 Å². The van der Waals surface area contributed by atoms with E-state index in [1.54, 1.807) is 6.92 Å². The van der Waals surface area contributed by atoms with E-state index in [1.807, 2.05) is 0 Å². The van der Waals surface area contributed by atoms with Gasteiger partial charge in [0.25, 0.3) is 0 Å². The Morgan fingerprint density at radius 1 is 1.08 bits per heavy atom. The molecule has 0 amide bonds. The van der Waals surface area contributed by atoms with E-state index in [4.69, 9.17) is 0 Å². The predicted molar refractivity (Wildman–Crippen MR) is 40.4 cm³/mol. The molecule has 0 aromatic heterocycles. The van der Waals surface area contributed by atoms with Crippen molar-refractivity contribution in [2.75, 3.05) is 11.9 Å². The summed E-state index contributed by atoms with van der Waals surface area (Å²) >= 11 is 0. The Kier molecular flexibility index (Phi) is 2.75. The molecule has 13 heavy (non-hydrogen) atoms. The maximum Gasteiger partial charge on any atom is 0.199 e. The van der Waals surface area contributed by atoms with Crippen molar-refractivity contribution in [1.82, 2.24) is 0 Å². The van der Waals surface area contributed by atoms with Crippen LogP contribution in [0.3, 0.4) is 0 Å². The average Bonchev–Trinajstić information content (AvgIpc) is 2.11. The molecular weight excluding hydrogens is 186 g/mol. The molecule has 0 fully saturated rings. The van der Waals surface area contributed by atoms with Gasteiger partial charge in [0.05, 0.1) is 5.69 Å². The first-order valence-corrected chi connectivity index (χ1v) is 3.64. The Balaban J connectivity index is 3.24. The van der Waals surface area contributed by atoms with Gasteiger partial charge in [0, 0.05) is 12.6 Å². The molecule has 5 heteroatoms. The zero-order valence-corrected chi connectivity index (χ0v) is 6.80. The molecule has 0 aliphatic rings. The van der Waals surface area contributed by atoms with Crippen molar-refractivity contribution in [3.8, 4) is 0 Å². The quantitative estimate of drug-likeness (QED) is 0.432. The summed E-state index contributed by atoms with van der Waals surface area (Å²) < 4.78 is 50.2. The van der Waals surface area contributed by atoms with Gasteiger partial charge in [-0.15, -0.1) is 0 Å². The van der Waals surface area contributed by atoms with Crippen LogP contribution in [0.25, 0.3) is 0 Å². The lowest BCUT2D eigenvalue weighted by molar-refractivity contribution is 0.411. The van der Waals surface area contributed by atoms with Crippen molar-refractivity contribution in [2.24, 2.45) is 0 Å². The lowest BCUT2D eigenvalue weighted by Crippen LogP contribution is -2.04. The molecule has 1 rings (SSSR count). The Labute approximate surface area is 72.4 Å². The normalized spacial score (nSPS) is 10.2. The van der Waals surface area contributed by atoms with Crippen LogP contribution in [-0.2, 0) is 0 Å². The van der Waals surface area contributed by atoms with Gasteiger partial charge in [0.2, 0.25) is 0 Å². The van der Waals surface area contributed by atoms with Gasteiger partial charge >= 0.3 is 0 Å². The first-order valence-electron chi connectivity index (χ1n) is 3.64. The van der Waals surface area contributed by atoms with Crippen molar-refractivity contribution in [1.29, 1.82) is 0 Å². The van der Waals surface area contributed by atoms with Crippen LogP contribution < -0.4 is 5.32 Å². The van der Waals surface area contributed by atoms with Gasteiger partial charge in [0.1, 0.15) is 0 Å². The second kappa shape index (κ2) is 3.64. The maximum absolute atomic E-state index is 12.8. The minimum absolute atomic E-state index is 0.293. The molecule has 0 spiro atoms. The van der Waals surface area contributed by atoms with Crippen molar-refractivity contribution in [3.05, 3.63) is 29.3 Å². The van der Waals surface area contributed by atoms with Crippen LogP contribution in [0.1, 0.15) is 6.92 Å². The smallest absolute Gasteiger partial charge is 0.199 e. The minimum Gasteiger partial charge on any atom is -0.383 e. The van der Waals surface area contributed by atoms with Crippen LogP contribution in [0, 0.1) is 23.3 Å². The molecule has 0 heterocycles. The fourth-order valence-electron chi connectivity index (χ4n) is 0.892. The average molecular weight is 193 g/mol. The number of halogens is 4. The highest BCUT2D eigenvalue weighted by atomic mass is 19.2. The van der Waals surface area contributed by atoms with Crippen molar-refractivity contribution in [3.63, 3.8) is 0 Å². The Morgan fingerprint density at radius 3 is 2.23 bits per heavy atom. The number of hydrogen-bond donors (Lipinski definition) is 1. The minimum atomic E-state index is -1.80. The van der Waals surface area contributed by atoms with Gasteiger partial charge in [-0.1, -0.05) is 0 Å². The maximum atomic E-state index is 12.8. The van der Waals surface area contributed by atoms with Crippen LogP contribution in [0.15, 0.2) is 6.07 Å². The largest absolute Gasteiger partial charge is 0.383 e. The summed E-state index contributed by atoms with van der Waals surface area (Å²) in [6.07, 6.45) is 0. The third kappa shape index (κ3) is 1.74. The van der Waals surface area contributed by atoms with Crippen molar-refractivity contribution < 1.29 is 17.6 Å². The van der Waals surface area contributed by atoms with E-state index in [2.05, 4.69) is 5.32 Å². The van der Waals surface area contributed by atoms with Crippen molar-refractivity contribution >= 4 is 5.69 Å². The second-order valence-electron chi connectivity index (χ2n) is 2.38. The van der Waals surface area contributed by atoms with Crippen LogP contribution in [0.4, 0.5) is 23.2 Å². The van der Waals surface area contributed by atoms with Gasteiger partial charge in [-0.3, -0.25) is 0 Å². The molecule has 0 radical (unpaired) electrons. The van der Waals surface area contributed by atoms with Crippen LogP contribution in [0.5, 0.6) is 0 Å². The summed E-state index contributed by atoms with van der Waals surface area (Å²) in [4.78, 5) is 0. The van der Waals surface area contributed by atoms with Crippen LogP contribution in [0.2, 0.25) is 0 Å². The highest BCUT2D eigenvalue weighted by molar-refractivity contribution is 5.45. The third-order valence-electron chi connectivity index (χ3n) is 1.47. The van der Waals surface area contributed by atoms with E-state index < -0.39 is 23.3 Å². The molecular formula is C8H7F4N. The Bertz CT molecular complexity index is 324. The SMILES string of the molecule is CCNc1cc(F)c(F)c(F)c1F. The summed E-state index contributed by atoms with van der Waals surface area (Å²) in [6.45, 7) is 1.92. The number of nitrogens with one attached hydrogen (secondary N) is 1. The van der Waals surface area contributed by atoms with Gasteiger partial charge in [0.15, 0.2) is 23.3 Å². The first kappa shape index (κ1) is 9.83. The van der Waals surface area contributed by atoms with E-state index >= 15 is 0 Å². The zero-order chi connectivity index (χ0) is 10.0. The fraction of sp³-hybridized carbons (Fsp3) is 0.250. The number of hydrogen-bond acceptors (Lipinski definition) is 1. The number of anilines is 1. The highest BCUT2D eigenvalue weighted by Crippen LogP contribution is 2.22. The van der Waals surface area contributed by atoms with E-state index in [9.17, 15) is 17.6 Å². The van der Waals surface area contributed by atoms with Crippen LogP contribution >= 0.6 is 0 Å². The van der Waals surface area contributed by atoms with Gasteiger partial charge < -0.3 is 5.32 Å². The molecule has 0 saturated heterocycles.